The number of carboxylic acids is 1. The zero-order valence-electron chi connectivity index (χ0n) is 16.2. The number of rotatable bonds is 4. The van der Waals surface area contributed by atoms with Gasteiger partial charge in [-0.25, -0.2) is 18.6 Å². The van der Waals surface area contributed by atoms with Crippen molar-refractivity contribution in [3.8, 4) is 11.3 Å². The van der Waals surface area contributed by atoms with E-state index in [9.17, 15) is 13.6 Å². The van der Waals surface area contributed by atoms with E-state index in [4.69, 9.17) is 9.84 Å². The first-order chi connectivity index (χ1) is 13.8. The lowest BCUT2D eigenvalue weighted by Crippen LogP contribution is -2.42. The molecule has 3 heterocycles. The van der Waals surface area contributed by atoms with Gasteiger partial charge in [0.15, 0.2) is 0 Å². The van der Waals surface area contributed by atoms with Crippen molar-refractivity contribution in [1.29, 1.82) is 0 Å². The van der Waals surface area contributed by atoms with Crippen LogP contribution in [0, 0.1) is 18.6 Å². The number of morpholine rings is 1. The third-order valence-corrected chi connectivity index (χ3v) is 5.14. The summed E-state index contributed by atoms with van der Waals surface area (Å²) in [5.74, 6) is -3.24. The van der Waals surface area contributed by atoms with Crippen molar-refractivity contribution < 1.29 is 23.4 Å². The monoisotopic (exact) mass is 401 g/mol. The van der Waals surface area contributed by atoms with Gasteiger partial charge in [-0.3, -0.25) is 0 Å². The maximum absolute atomic E-state index is 14.8. The Morgan fingerprint density at radius 2 is 2.00 bits per heavy atom. The van der Waals surface area contributed by atoms with E-state index in [0.717, 1.165) is 29.6 Å². The zero-order chi connectivity index (χ0) is 20.7. The number of aromatic nitrogens is 2. The average molecular weight is 401 g/mol. The largest absolute Gasteiger partial charge is 0.478 e. The minimum atomic E-state index is -1.38. The molecule has 6 nitrogen and oxygen atoms in total. The molecule has 1 fully saturated rings. The third kappa shape index (κ3) is 3.73. The summed E-state index contributed by atoms with van der Waals surface area (Å²) in [6, 6.07) is 5.26. The molecule has 1 atom stereocenters. The Bertz CT molecular complexity index is 1070. The van der Waals surface area contributed by atoms with E-state index < -0.39 is 23.2 Å². The molecule has 0 radical (unpaired) electrons. The van der Waals surface area contributed by atoms with Gasteiger partial charge in [0.2, 0.25) is 0 Å². The lowest BCUT2D eigenvalue weighted by Gasteiger charge is -2.30. The highest BCUT2D eigenvalue weighted by Gasteiger charge is 2.25. The molecule has 0 bridgehead atoms. The van der Waals surface area contributed by atoms with Crippen LogP contribution in [0.15, 0.2) is 30.5 Å². The van der Waals surface area contributed by atoms with Crippen molar-refractivity contribution in [1.82, 2.24) is 14.5 Å². The van der Waals surface area contributed by atoms with Crippen LogP contribution in [-0.2, 0) is 11.3 Å². The fourth-order valence-electron chi connectivity index (χ4n) is 3.77. The molecule has 1 aromatic carbocycles. The molecule has 4 rings (SSSR count). The van der Waals surface area contributed by atoms with Crippen LogP contribution in [0.25, 0.3) is 22.3 Å². The number of carbonyl (C=O) groups is 1. The van der Waals surface area contributed by atoms with E-state index in [1.54, 1.807) is 16.8 Å². The molecule has 1 N–H and O–H groups in total. The number of aromatic carboxylic acids is 1. The number of nitrogens with zero attached hydrogens (tertiary/aromatic N) is 3. The Hall–Kier alpha value is -2.84. The van der Waals surface area contributed by atoms with E-state index >= 15 is 0 Å². The van der Waals surface area contributed by atoms with Crippen molar-refractivity contribution >= 4 is 17.0 Å². The molecule has 2 aromatic heterocycles. The number of hydrogen-bond acceptors (Lipinski definition) is 4. The van der Waals surface area contributed by atoms with Crippen LogP contribution in [0.5, 0.6) is 0 Å². The summed E-state index contributed by atoms with van der Waals surface area (Å²) < 4.78 is 37.2. The summed E-state index contributed by atoms with van der Waals surface area (Å²) in [5, 5.41) is 9.82. The zero-order valence-corrected chi connectivity index (χ0v) is 16.2. The molecular formula is C21H21F2N3O3. The van der Waals surface area contributed by atoms with Gasteiger partial charge in [0.05, 0.1) is 36.1 Å². The first-order valence-corrected chi connectivity index (χ1v) is 9.32. The molecule has 1 saturated heterocycles. The molecule has 29 heavy (non-hydrogen) atoms. The van der Waals surface area contributed by atoms with E-state index in [2.05, 4.69) is 9.88 Å². The summed E-state index contributed by atoms with van der Waals surface area (Å²) in [6.07, 6.45) is 1.55. The van der Waals surface area contributed by atoms with Crippen LogP contribution < -0.4 is 0 Å². The van der Waals surface area contributed by atoms with Gasteiger partial charge in [-0.15, -0.1) is 0 Å². The quantitative estimate of drug-likeness (QED) is 0.727. The first kappa shape index (κ1) is 19.5. The van der Waals surface area contributed by atoms with E-state index in [1.165, 1.54) is 0 Å². The van der Waals surface area contributed by atoms with Gasteiger partial charge >= 0.3 is 5.97 Å². The molecule has 3 aromatic rings. The van der Waals surface area contributed by atoms with Gasteiger partial charge in [-0.05, 0) is 43.8 Å². The Morgan fingerprint density at radius 3 is 2.66 bits per heavy atom. The van der Waals surface area contributed by atoms with E-state index in [1.807, 2.05) is 20.0 Å². The Labute approximate surface area is 166 Å². The highest BCUT2D eigenvalue weighted by Crippen LogP contribution is 2.33. The van der Waals surface area contributed by atoms with E-state index in [-0.39, 0.29) is 11.7 Å². The predicted molar refractivity (Wildman–Crippen MR) is 104 cm³/mol. The Balaban J connectivity index is 1.87. The summed E-state index contributed by atoms with van der Waals surface area (Å²) in [6.45, 7) is 4.36. The molecule has 0 amide bonds. The second-order valence-electron chi connectivity index (χ2n) is 7.44. The number of halogens is 2. The lowest BCUT2D eigenvalue weighted by molar-refractivity contribution is -0.0267. The van der Waals surface area contributed by atoms with Crippen LogP contribution in [0.4, 0.5) is 8.78 Å². The van der Waals surface area contributed by atoms with Crippen LogP contribution in [0.1, 0.15) is 15.9 Å². The molecule has 0 aliphatic carbocycles. The van der Waals surface area contributed by atoms with Crippen molar-refractivity contribution in [3.05, 3.63) is 53.2 Å². The SMILES string of the molecule is Cc1cnc2c(c1)cc(-c1c(F)cc(C(=O)O)cc1F)n2CC1CN(C)CCO1. The molecule has 152 valence electrons. The summed E-state index contributed by atoms with van der Waals surface area (Å²) >= 11 is 0. The number of pyridine rings is 1. The van der Waals surface area contributed by atoms with Gasteiger partial charge in [0.25, 0.3) is 0 Å². The maximum atomic E-state index is 14.8. The number of likely N-dealkylation sites (N-methyl/N-ethyl adjacent to an activating group) is 1. The number of fused-ring (bicyclic) bond motifs is 1. The number of aryl methyl sites for hydroxylation is 1. The number of ether oxygens (including phenoxy) is 1. The summed E-state index contributed by atoms with van der Waals surface area (Å²) in [5.41, 5.74) is 1.13. The number of hydrogen-bond donors (Lipinski definition) is 1. The molecule has 0 spiro atoms. The van der Waals surface area contributed by atoms with Gasteiger partial charge in [0.1, 0.15) is 17.3 Å². The van der Waals surface area contributed by atoms with Crippen LogP contribution in [0.2, 0.25) is 0 Å². The first-order valence-electron chi connectivity index (χ1n) is 9.32. The summed E-state index contributed by atoms with van der Waals surface area (Å²) in [4.78, 5) is 17.7. The minimum absolute atomic E-state index is 0.157. The standard InChI is InChI=1S/C21H21F2N3O3/c1-12-5-13-8-18(19-16(22)6-14(21(27)28)7-17(19)23)26(20(13)24-9-12)11-15-10-25(2)3-4-29-15/h5-9,15H,3-4,10-11H2,1-2H3,(H,27,28). The van der Waals surface area contributed by atoms with Crippen molar-refractivity contribution in [2.75, 3.05) is 26.7 Å². The maximum Gasteiger partial charge on any atom is 0.335 e. The second-order valence-corrected chi connectivity index (χ2v) is 7.44. The fourth-order valence-corrected chi connectivity index (χ4v) is 3.77. The normalized spacial score (nSPS) is 17.7. The smallest absolute Gasteiger partial charge is 0.335 e. The molecule has 0 saturated carbocycles. The predicted octanol–water partition coefficient (Wildman–Crippen LogP) is 3.32. The molecule has 1 aliphatic heterocycles. The molecule has 1 aliphatic rings. The highest BCUT2D eigenvalue weighted by atomic mass is 19.1. The van der Waals surface area contributed by atoms with Gasteiger partial charge in [-0.1, -0.05) is 0 Å². The fraction of sp³-hybridized carbons (Fsp3) is 0.333. The highest BCUT2D eigenvalue weighted by molar-refractivity contribution is 5.89. The molecular weight excluding hydrogens is 380 g/mol. The minimum Gasteiger partial charge on any atom is -0.478 e. The van der Waals surface area contributed by atoms with Gasteiger partial charge in [0, 0.05) is 24.7 Å². The van der Waals surface area contributed by atoms with Crippen molar-refractivity contribution in [2.24, 2.45) is 0 Å². The number of carboxylic acid groups (broad SMARTS) is 1. The molecule has 8 heteroatoms. The van der Waals surface area contributed by atoms with Crippen molar-refractivity contribution in [2.45, 2.75) is 19.6 Å². The Kier molecular flexibility index (Phi) is 5.06. The van der Waals surface area contributed by atoms with Crippen LogP contribution >= 0.6 is 0 Å². The Morgan fingerprint density at radius 1 is 1.28 bits per heavy atom. The topological polar surface area (TPSA) is 67.6 Å². The van der Waals surface area contributed by atoms with Crippen LogP contribution in [-0.4, -0.2) is 58.4 Å². The summed E-state index contributed by atoms with van der Waals surface area (Å²) in [7, 11) is 2.00. The van der Waals surface area contributed by atoms with E-state index in [0.29, 0.717) is 31.0 Å². The van der Waals surface area contributed by atoms with Gasteiger partial charge in [-0.2, -0.15) is 0 Å². The van der Waals surface area contributed by atoms with Gasteiger partial charge < -0.3 is 19.3 Å². The average Bonchev–Trinajstić information content (AvgIpc) is 2.98. The number of benzene rings is 1. The van der Waals surface area contributed by atoms with Crippen LogP contribution in [0.3, 0.4) is 0 Å². The van der Waals surface area contributed by atoms with Crippen molar-refractivity contribution in [3.63, 3.8) is 0 Å². The molecule has 1 unspecified atom stereocenters. The lowest BCUT2D eigenvalue weighted by atomic mass is 10.1. The second kappa shape index (κ2) is 7.53. The third-order valence-electron chi connectivity index (χ3n) is 5.14.